The first-order valence-electron chi connectivity index (χ1n) is 18.7. The van der Waals surface area contributed by atoms with Crippen LogP contribution in [-0.4, -0.2) is 72.0 Å². The molecule has 3 aromatic carbocycles. The summed E-state index contributed by atoms with van der Waals surface area (Å²) < 4.78 is 13.1. The molecule has 1 aliphatic carbocycles. The quantitative estimate of drug-likeness (QED) is 0.0788. The molecular weight excluding hydrogens is 1000 g/mol. The summed E-state index contributed by atoms with van der Waals surface area (Å²) in [5, 5.41) is 14.7. The Morgan fingerprint density at radius 3 is 1.84 bits per heavy atom. The van der Waals surface area contributed by atoms with Crippen LogP contribution in [0.3, 0.4) is 0 Å². The standard InChI is InChI=1S/C16H20BBrClNO5.C12H11BBrClNO2.C12H12BrClO/c1-16(2)24-14(21)12(15(22)25-16)8-11(20-17(3)23)6-9-4-5-10(18)7-13(9)19;14-9-2-1-8(11(15)6-9)5-10-3-4-12(18)16(10)13-7-17;13-10-3-2-9(12(14)7-10)5-8-1-4-11(15)6-8/h4-5,7,11-12,20,23H,6,8H2,1-3H3;1-2,6-7,10H,3-5H2;2-3,7-8H,1,4-6H2/t11-;;8-/m1.0/s1. The summed E-state index contributed by atoms with van der Waals surface area (Å²) in [7, 11) is 0.499. The maximum atomic E-state index is 12.2. The van der Waals surface area contributed by atoms with E-state index in [9.17, 15) is 29.0 Å². The average molecular weight is 1050 g/mol. The average Bonchev–Trinajstić information content (AvgIpc) is 3.70. The van der Waals surface area contributed by atoms with E-state index in [1.165, 1.54) is 26.1 Å². The fraction of sp³-hybridized carbons (Fsp3) is 0.425. The predicted molar refractivity (Wildman–Crippen MR) is 238 cm³/mol. The van der Waals surface area contributed by atoms with Crippen molar-refractivity contribution in [2.75, 3.05) is 0 Å². The van der Waals surface area contributed by atoms with E-state index in [0.717, 1.165) is 67.2 Å². The van der Waals surface area contributed by atoms with Gasteiger partial charge in [0.1, 0.15) is 12.0 Å². The number of rotatable bonds is 12. The van der Waals surface area contributed by atoms with Gasteiger partial charge >= 0.3 is 26.4 Å². The van der Waals surface area contributed by atoms with Gasteiger partial charge in [0.2, 0.25) is 5.91 Å². The van der Waals surface area contributed by atoms with Gasteiger partial charge < -0.3 is 29.3 Å². The number of carbonyl (C=O) groups excluding carboxylic acids is 5. The summed E-state index contributed by atoms with van der Waals surface area (Å²) in [6.07, 6.45) is 6.55. The molecule has 2 heterocycles. The molecule has 0 bridgehead atoms. The third-order valence-electron chi connectivity index (χ3n) is 9.68. The van der Waals surface area contributed by atoms with Gasteiger partial charge in [-0.25, -0.2) is 0 Å². The summed E-state index contributed by atoms with van der Waals surface area (Å²) in [6, 6.07) is 16.8. The summed E-state index contributed by atoms with van der Waals surface area (Å²) in [4.78, 5) is 59.1. The fourth-order valence-corrected chi connectivity index (χ4v) is 9.21. The lowest BCUT2D eigenvalue weighted by Crippen LogP contribution is -2.50. The zero-order chi connectivity index (χ0) is 42.7. The largest absolute Gasteiger partial charge is 0.437 e. The normalized spacial score (nSPS) is 19.3. The number of ketones is 1. The van der Waals surface area contributed by atoms with E-state index in [-0.39, 0.29) is 24.4 Å². The molecule has 3 aromatic rings. The lowest BCUT2D eigenvalue weighted by Gasteiger charge is -2.34. The summed E-state index contributed by atoms with van der Waals surface area (Å²) in [5.41, 5.74) is 2.98. The minimum Gasteiger partial charge on any atom is -0.437 e. The lowest BCUT2D eigenvalue weighted by molar-refractivity contribution is -0.240. The molecule has 3 aliphatic rings. The number of benzene rings is 3. The maximum Gasteiger partial charge on any atom is 0.373 e. The number of hydrogen-bond donors (Lipinski definition) is 2. The Bertz CT molecular complexity index is 1960. The summed E-state index contributed by atoms with van der Waals surface area (Å²) in [5.74, 6) is -2.66. The number of amides is 1. The third kappa shape index (κ3) is 15.0. The van der Waals surface area contributed by atoms with Crippen LogP contribution in [0.5, 0.6) is 0 Å². The lowest BCUT2D eigenvalue weighted by atomic mass is 9.83. The zero-order valence-corrected chi connectivity index (χ0v) is 39.1. The van der Waals surface area contributed by atoms with Crippen LogP contribution in [0.1, 0.15) is 69.1 Å². The highest BCUT2D eigenvalue weighted by Gasteiger charge is 2.44. The van der Waals surface area contributed by atoms with Crippen LogP contribution in [0.15, 0.2) is 68.0 Å². The first kappa shape index (κ1) is 48.4. The molecular formula is C40H43B2Br3Cl3N2O8. The number of cyclic esters (lactones) is 2. The van der Waals surface area contributed by atoms with Crippen molar-refractivity contribution in [3.63, 3.8) is 0 Å². The Hall–Kier alpha value is -2.23. The molecule has 6 rings (SSSR count). The van der Waals surface area contributed by atoms with Gasteiger partial charge in [0.15, 0.2) is 5.92 Å². The molecule has 1 unspecified atom stereocenters. The van der Waals surface area contributed by atoms with Crippen LogP contribution < -0.4 is 5.23 Å². The molecule has 0 spiro atoms. The second-order valence-electron chi connectivity index (χ2n) is 14.8. The highest BCUT2D eigenvalue weighted by Crippen LogP contribution is 2.31. The SMILES string of the molecule is CB(O)N[C@H](Cc1ccc(Br)cc1Cl)CC1C(=O)OC(C)(C)OC1=O.O=C1CC[C@@H](Cc2ccc(Br)cc2Cl)C1.O=C[B]N1C(=O)CCC1Cc1ccc(Br)cc1Cl. The van der Waals surface area contributed by atoms with E-state index in [1.807, 2.05) is 48.5 Å². The van der Waals surface area contributed by atoms with Gasteiger partial charge in [0, 0.05) is 73.7 Å². The molecule has 1 radical (unpaired) electrons. The second-order valence-corrected chi connectivity index (χ2v) is 18.8. The number of halogens is 6. The molecule has 309 valence electrons. The molecule has 0 aromatic heterocycles. The molecule has 1 amide bonds. The van der Waals surface area contributed by atoms with E-state index < -0.39 is 30.7 Å². The fourth-order valence-electron chi connectivity index (χ4n) is 6.96. The Morgan fingerprint density at radius 2 is 1.38 bits per heavy atom. The molecule has 3 atom stereocenters. The number of carbonyl (C=O) groups is 5. The van der Waals surface area contributed by atoms with Gasteiger partial charge in [0.05, 0.1) is 0 Å². The minimum atomic E-state index is -1.26. The van der Waals surface area contributed by atoms with Crippen molar-refractivity contribution in [1.29, 1.82) is 0 Å². The highest BCUT2D eigenvalue weighted by atomic mass is 79.9. The zero-order valence-electron chi connectivity index (χ0n) is 32.1. The van der Waals surface area contributed by atoms with Crippen molar-refractivity contribution >= 4 is 127 Å². The topological polar surface area (TPSA) is 139 Å². The van der Waals surface area contributed by atoms with Crippen LogP contribution in [0.25, 0.3) is 0 Å². The first-order chi connectivity index (χ1) is 27.3. The molecule has 3 fully saturated rings. The highest BCUT2D eigenvalue weighted by molar-refractivity contribution is 9.11. The molecule has 18 heteroatoms. The van der Waals surface area contributed by atoms with E-state index in [4.69, 9.17) is 44.3 Å². The predicted octanol–water partition coefficient (Wildman–Crippen LogP) is 9.02. The van der Waals surface area contributed by atoms with Crippen molar-refractivity contribution in [2.45, 2.75) is 96.3 Å². The van der Waals surface area contributed by atoms with Gasteiger partial charge in [-0.2, -0.15) is 0 Å². The van der Waals surface area contributed by atoms with Crippen LogP contribution in [0.2, 0.25) is 21.9 Å². The number of Topliss-reactive ketones (excluding diaryl/α,β-unsaturated/α-hetero) is 1. The van der Waals surface area contributed by atoms with Crippen molar-refractivity contribution in [3.05, 3.63) is 99.8 Å². The molecule has 1 saturated carbocycles. The van der Waals surface area contributed by atoms with E-state index >= 15 is 0 Å². The molecule has 2 N–H and O–H groups in total. The van der Waals surface area contributed by atoms with Crippen molar-refractivity contribution < 1.29 is 38.5 Å². The third-order valence-corrected chi connectivity index (χ3v) is 12.2. The van der Waals surface area contributed by atoms with Crippen LogP contribution in [0.4, 0.5) is 0 Å². The van der Waals surface area contributed by atoms with Gasteiger partial charge in [-0.15, -0.1) is 0 Å². The second kappa shape index (κ2) is 22.6. The smallest absolute Gasteiger partial charge is 0.373 e. The Morgan fingerprint density at radius 1 is 0.862 bits per heavy atom. The number of nitrogens with zero attached hydrogens (tertiary/aromatic N) is 1. The van der Waals surface area contributed by atoms with Crippen molar-refractivity contribution in [1.82, 2.24) is 10.0 Å². The molecule has 2 aliphatic heterocycles. The van der Waals surface area contributed by atoms with Crippen molar-refractivity contribution in [2.24, 2.45) is 11.8 Å². The Labute approximate surface area is 380 Å². The van der Waals surface area contributed by atoms with Crippen LogP contribution in [-0.2, 0) is 52.7 Å². The van der Waals surface area contributed by atoms with Crippen LogP contribution in [0, 0.1) is 11.8 Å². The maximum absolute atomic E-state index is 12.2. The summed E-state index contributed by atoms with van der Waals surface area (Å²) in [6.45, 7) is 4.58. The molecule has 58 heavy (non-hydrogen) atoms. The van der Waals surface area contributed by atoms with Gasteiger partial charge in [0.25, 0.3) is 5.79 Å². The number of nitrogens with one attached hydrogen (secondary N) is 1. The summed E-state index contributed by atoms with van der Waals surface area (Å²) >= 11 is 28.6. The van der Waals surface area contributed by atoms with Gasteiger partial charge in [-0.1, -0.05) is 101 Å². The minimum absolute atomic E-state index is 0.000309. The van der Waals surface area contributed by atoms with Crippen LogP contribution >= 0.6 is 82.6 Å². The van der Waals surface area contributed by atoms with E-state index in [0.29, 0.717) is 47.2 Å². The number of ether oxygens (including phenoxy) is 2. The Kier molecular flexibility index (Phi) is 18.8. The monoisotopic (exact) mass is 1040 g/mol. The van der Waals surface area contributed by atoms with Gasteiger partial charge in [-0.3, -0.25) is 19.2 Å². The van der Waals surface area contributed by atoms with Crippen molar-refractivity contribution in [3.8, 4) is 0 Å². The van der Waals surface area contributed by atoms with E-state index in [1.54, 1.807) is 12.9 Å². The molecule has 2 saturated heterocycles. The van der Waals surface area contributed by atoms with E-state index in [2.05, 4.69) is 53.0 Å². The number of hydrogen-bond acceptors (Lipinski definition) is 9. The molecule has 10 nitrogen and oxygen atoms in total. The Balaban J connectivity index is 0.000000199. The number of esters is 2. The first-order valence-corrected chi connectivity index (χ1v) is 22.2. The van der Waals surface area contributed by atoms with Gasteiger partial charge in [-0.05, 0) is 104 Å².